The van der Waals surface area contributed by atoms with Crippen LogP contribution in [0.3, 0.4) is 0 Å². The molecule has 88 valence electrons. The molecule has 0 unspecified atom stereocenters. The van der Waals surface area contributed by atoms with Gasteiger partial charge in [0.15, 0.2) is 0 Å². The molecule has 0 heterocycles. The van der Waals surface area contributed by atoms with Gasteiger partial charge in [0.05, 0.1) is 5.02 Å². The van der Waals surface area contributed by atoms with E-state index in [0.29, 0.717) is 5.56 Å². The first-order chi connectivity index (χ1) is 7.53. The molecule has 1 fully saturated rings. The Labute approximate surface area is 101 Å². The predicted octanol–water partition coefficient (Wildman–Crippen LogP) is 3.91. The highest BCUT2D eigenvalue weighted by Gasteiger charge is 2.30. The van der Waals surface area contributed by atoms with Crippen LogP contribution in [0.2, 0.25) is 5.02 Å². The summed E-state index contributed by atoms with van der Waals surface area (Å²) in [6.07, 6.45) is 5.46. The second-order valence-electron chi connectivity index (χ2n) is 4.81. The fourth-order valence-electron chi connectivity index (χ4n) is 2.49. The Morgan fingerprint density at radius 2 is 1.88 bits per heavy atom. The molecular formula is C13H17ClFN. The summed E-state index contributed by atoms with van der Waals surface area (Å²) in [5.41, 5.74) is 7.65. The maximum absolute atomic E-state index is 13.4. The molecule has 3 heteroatoms. The van der Waals surface area contributed by atoms with Crippen LogP contribution in [0.5, 0.6) is 0 Å². The third-order valence-electron chi connectivity index (χ3n) is 3.53. The van der Waals surface area contributed by atoms with E-state index in [4.69, 9.17) is 17.3 Å². The Morgan fingerprint density at radius 3 is 2.44 bits per heavy atom. The van der Waals surface area contributed by atoms with Crippen molar-refractivity contribution in [3.63, 3.8) is 0 Å². The van der Waals surface area contributed by atoms with E-state index in [9.17, 15) is 4.39 Å². The average Bonchev–Trinajstić information content (AvgIpc) is 2.26. The molecule has 1 aliphatic rings. The minimum Gasteiger partial charge on any atom is -0.321 e. The lowest BCUT2D eigenvalue weighted by molar-refractivity contribution is 0.302. The molecule has 0 aliphatic heterocycles. The van der Waals surface area contributed by atoms with Crippen LogP contribution in [0.25, 0.3) is 0 Å². The number of hydrogen-bond acceptors (Lipinski definition) is 1. The molecule has 0 saturated heterocycles. The number of aryl methyl sites for hydroxylation is 1. The number of nitrogens with two attached hydrogens (primary N) is 1. The van der Waals surface area contributed by atoms with Gasteiger partial charge in [-0.1, -0.05) is 36.9 Å². The molecule has 0 bridgehead atoms. The standard InChI is InChI=1S/C13H17ClFN/c1-9-7-10(8-11(14)12(9)15)13(16)5-3-2-4-6-13/h7-8H,2-6,16H2,1H3. The highest BCUT2D eigenvalue weighted by atomic mass is 35.5. The number of hydrogen-bond donors (Lipinski definition) is 1. The van der Waals surface area contributed by atoms with Crippen molar-refractivity contribution >= 4 is 11.6 Å². The van der Waals surface area contributed by atoms with E-state index in [1.54, 1.807) is 13.0 Å². The van der Waals surface area contributed by atoms with E-state index in [1.807, 2.05) is 6.07 Å². The van der Waals surface area contributed by atoms with Gasteiger partial charge in [-0.2, -0.15) is 0 Å². The molecule has 16 heavy (non-hydrogen) atoms. The van der Waals surface area contributed by atoms with Crippen LogP contribution in [0.1, 0.15) is 43.2 Å². The molecule has 1 aromatic carbocycles. The van der Waals surface area contributed by atoms with Gasteiger partial charge in [-0.15, -0.1) is 0 Å². The maximum atomic E-state index is 13.4. The summed E-state index contributed by atoms with van der Waals surface area (Å²) in [6, 6.07) is 3.53. The lowest BCUT2D eigenvalue weighted by Crippen LogP contribution is -2.38. The van der Waals surface area contributed by atoms with Crippen molar-refractivity contribution in [2.45, 2.75) is 44.6 Å². The lowest BCUT2D eigenvalue weighted by Gasteiger charge is -2.34. The van der Waals surface area contributed by atoms with Crippen LogP contribution >= 0.6 is 11.6 Å². The van der Waals surface area contributed by atoms with Crippen molar-refractivity contribution in [2.75, 3.05) is 0 Å². The monoisotopic (exact) mass is 241 g/mol. The van der Waals surface area contributed by atoms with Gasteiger partial charge in [0.2, 0.25) is 0 Å². The Morgan fingerprint density at radius 1 is 1.25 bits per heavy atom. The molecule has 0 atom stereocenters. The highest BCUT2D eigenvalue weighted by molar-refractivity contribution is 6.30. The van der Waals surface area contributed by atoms with Gasteiger partial charge in [0.25, 0.3) is 0 Å². The molecule has 0 spiro atoms. The van der Waals surface area contributed by atoms with Crippen LogP contribution in [0, 0.1) is 12.7 Å². The topological polar surface area (TPSA) is 26.0 Å². The highest BCUT2D eigenvalue weighted by Crippen LogP contribution is 2.36. The van der Waals surface area contributed by atoms with Crippen LogP contribution in [0.4, 0.5) is 4.39 Å². The third kappa shape index (κ3) is 2.09. The molecular weight excluding hydrogens is 225 g/mol. The number of rotatable bonds is 1. The van der Waals surface area contributed by atoms with Gasteiger partial charge in [-0.3, -0.25) is 0 Å². The lowest BCUT2D eigenvalue weighted by atomic mass is 9.77. The fraction of sp³-hybridized carbons (Fsp3) is 0.538. The van der Waals surface area contributed by atoms with Crippen LogP contribution < -0.4 is 5.73 Å². The predicted molar refractivity (Wildman–Crippen MR) is 65.1 cm³/mol. The summed E-state index contributed by atoms with van der Waals surface area (Å²) < 4.78 is 13.4. The zero-order chi connectivity index (χ0) is 11.8. The first kappa shape index (κ1) is 11.9. The summed E-state index contributed by atoms with van der Waals surface area (Å²) in [5, 5.41) is 0.186. The summed E-state index contributed by atoms with van der Waals surface area (Å²) in [6.45, 7) is 1.73. The Balaban J connectivity index is 2.39. The van der Waals surface area contributed by atoms with Crippen molar-refractivity contribution in [1.29, 1.82) is 0 Å². The zero-order valence-corrected chi connectivity index (χ0v) is 10.3. The summed E-state index contributed by atoms with van der Waals surface area (Å²) in [5.74, 6) is -0.329. The summed E-state index contributed by atoms with van der Waals surface area (Å²) in [4.78, 5) is 0. The Bertz CT molecular complexity index is 374. The van der Waals surface area contributed by atoms with Crippen LogP contribution in [-0.4, -0.2) is 0 Å². The molecule has 2 N–H and O–H groups in total. The van der Waals surface area contributed by atoms with E-state index < -0.39 is 0 Å². The van der Waals surface area contributed by atoms with E-state index >= 15 is 0 Å². The molecule has 0 radical (unpaired) electrons. The summed E-state index contributed by atoms with van der Waals surface area (Å²) in [7, 11) is 0. The largest absolute Gasteiger partial charge is 0.321 e. The SMILES string of the molecule is Cc1cc(C2(N)CCCCC2)cc(Cl)c1F. The Hall–Kier alpha value is -0.600. The smallest absolute Gasteiger partial charge is 0.144 e. The van der Waals surface area contributed by atoms with Crippen LogP contribution in [-0.2, 0) is 5.54 Å². The van der Waals surface area contributed by atoms with Crippen molar-refractivity contribution in [3.05, 3.63) is 34.1 Å². The van der Waals surface area contributed by atoms with E-state index in [0.717, 1.165) is 31.2 Å². The molecule has 1 aliphatic carbocycles. The van der Waals surface area contributed by atoms with Crippen molar-refractivity contribution in [1.82, 2.24) is 0 Å². The normalized spacial score (nSPS) is 19.8. The Kier molecular flexibility index (Phi) is 3.22. The van der Waals surface area contributed by atoms with Crippen molar-refractivity contribution in [2.24, 2.45) is 5.73 Å². The maximum Gasteiger partial charge on any atom is 0.144 e. The van der Waals surface area contributed by atoms with Crippen LogP contribution in [0.15, 0.2) is 12.1 Å². The summed E-state index contributed by atoms with van der Waals surface area (Å²) >= 11 is 5.87. The first-order valence-corrected chi connectivity index (χ1v) is 6.16. The minimum absolute atomic E-state index is 0.186. The van der Waals surface area contributed by atoms with E-state index in [1.165, 1.54) is 6.42 Å². The number of halogens is 2. The molecule has 1 saturated carbocycles. The molecule has 1 aromatic rings. The third-order valence-corrected chi connectivity index (χ3v) is 3.81. The van der Waals surface area contributed by atoms with Gasteiger partial charge in [-0.05, 0) is 37.0 Å². The zero-order valence-electron chi connectivity index (χ0n) is 9.52. The molecule has 1 nitrogen and oxygen atoms in total. The average molecular weight is 242 g/mol. The quantitative estimate of drug-likeness (QED) is 0.793. The second kappa shape index (κ2) is 4.34. The van der Waals surface area contributed by atoms with Crippen molar-refractivity contribution in [3.8, 4) is 0 Å². The fourth-order valence-corrected chi connectivity index (χ4v) is 2.75. The number of benzene rings is 1. The second-order valence-corrected chi connectivity index (χ2v) is 5.21. The van der Waals surface area contributed by atoms with Gasteiger partial charge in [0.1, 0.15) is 5.82 Å². The van der Waals surface area contributed by atoms with Gasteiger partial charge in [-0.25, -0.2) is 4.39 Å². The molecule has 0 aromatic heterocycles. The van der Waals surface area contributed by atoms with Crippen molar-refractivity contribution < 1.29 is 4.39 Å². The van der Waals surface area contributed by atoms with Gasteiger partial charge >= 0.3 is 0 Å². The molecule has 0 amide bonds. The first-order valence-electron chi connectivity index (χ1n) is 5.78. The van der Waals surface area contributed by atoms with E-state index in [-0.39, 0.29) is 16.4 Å². The van der Waals surface area contributed by atoms with E-state index in [2.05, 4.69) is 0 Å². The van der Waals surface area contributed by atoms with Gasteiger partial charge in [0, 0.05) is 5.54 Å². The molecule has 2 rings (SSSR count). The van der Waals surface area contributed by atoms with Gasteiger partial charge < -0.3 is 5.73 Å². The minimum atomic E-state index is -0.329.